The topological polar surface area (TPSA) is 68.5 Å². The van der Waals surface area contributed by atoms with Crippen LogP contribution in [-0.4, -0.2) is 19.0 Å². The Balaban J connectivity index is 1.86. The van der Waals surface area contributed by atoms with Crippen molar-refractivity contribution in [3.63, 3.8) is 0 Å². The second-order valence-corrected chi connectivity index (χ2v) is 6.94. The molecule has 0 fully saturated rings. The van der Waals surface area contributed by atoms with Crippen molar-refractivity contribution in [2.75, 3.05) is 12.4 Å². The summed E-state index contributed by atoms with van der Waals surface area (Å²) in [6.07, 6.45) is 2.91. The first-order valence-electron chi connectivity index (χ1n) is 7.99. The van der Waals surface area contributed by atoms with E-state index in [4.69, 9.17) is 20.8 Å². The van der Waals surface area contributed by atoms with Crippen LogP contribution < -0.4 is 5.32 Å². The lowest BCUT2D eigenvalue weighted by Gasteiger charge is -2.06. The van der Waals surface area contributed by atoms with Crippen LogP contribution in [0, 0.1) is 6.92 Å². The Kier molecular flexibility index (Phi) is 5.78. The van der Waals surface area contributed by atoms with E-state index in [0.717, 1.165) is 11.3 Å². The van der Waals surface area contributed by atoms with E-state index < -0.39 is 5.97 Å². The lowest BCUT2D eigenvalue weighted by atomic mass is 10.0. The third kappa shape index (κ3) is 4.48. The SMILES string of the molecule is COC(=O)c1c(-c2ccc(Cl)cc2)csc1NC(=O)/C=C/c1ccc(C)o1. The molecule has 0 aliphatic heterocycles. The van der Waals surface area contributed by atoms with Crippen molar-refractivity contribution in [1.29, 1.82) is 0 Å². The van der Waals surface area contributed by atoms with Crippen LogP contribution in [0.2, 0.25) is 5.02 Å². The number of thiophene rings is 1. The molecule has 5 nitrogen and oxygen atoms in total. The van der Waals surface area contributed by atoms with E-state index in [9.17, 15) is 9.59 Å². The number of hydrogen-bond donors (Lipinski definition) is 1. The molecule has 3 rings (SSSR count). The number of hydrogen-bond acceptors (Lipinski definition) is 5. The van der Waals surface area contributed by atoms with Crippen molar-refractivity contribution in [2.45, 2.75) is 6.92 Å². The van der Waals surface area contributed by atoms with E-state index in [-0.39, 0.29) is 5.91 Å². The molecule has 3 aromatic rings. The molecule has 0 spiro atoms. The number of carbonyl (C=O) groups excluding carboxylic acids is 2. The number of anilines is 1. The minimum atomic E-state index is -0.526. The Bertz CT molecular complexity index is 1000. The molecule has 0 saturated heterocycles. The number of furan rings is 1. The summed E-state index contributed by atoms with van der Waals surface area (Å²) in [4.78, 5) is 24.5. The van der Waals surface area contributed by atoms with Crippen molar-refractivity contribution in [3.05, 3.63) is 70.0 Å². The molecule has 138 valence electrons. The number of carbonyl (C=O) groups is 2. The van der Waals surface area contributed by atoms with Gasteiger partial charge < -0.3 is 14.5 Å². The molecule has 0 bridgehead atoms. The highest BCUT2D eigenvalue weighted by Gasteiger charge is 2.21. The van der Waals surface area contributed by atoms with Crippen molar-refractivity contribution < 1.29 is 18.7 Å². The highest BCUT2D eigenvalue weighted by molar-refractivity contribution is 7.15. The minimum absolute atomic E-state index is 0.306. The van der Waals surface area contributed by atoms with E-state index in [1.807, 2.05) is 25.1 Å². The second-order valence-electron chi connectivity index (χ2n) is 5.62. The molecule has 1 aromatic carbocycles. The largest absolute Gasteiger partial charge is 0.465 e. The van der Waals surface area contributed by atoms with Gasteiger partial charge in [0.05, 0.1) is 7.11 Å². The zero-order valence-corrected chi connectivity index (χ0v) is 16.2. The summed E-state index contributed by atoms with van der Waals surface area (Å²) in [5.74, 6) is 0.429. The van der Waals surface area contributed by atoms with Crippen molar-refractivity contribution in [2.24, 2.45) is 0 Å². The third-order valence-electron chi connectivity index (χ3n) is 3.73. The Morgan fingerprint density at radius 1 is 1.19 bits per heavy atom. The van der Waals surface area contributed by atoms with Gasteiger partial charge in [-0.1, -0.05) is 23.7 Å². The molecule has 2 aromatic heterocycles. The lowest BCUT2D eigenvalue weighted by molar-refractivity contribution is -0.111. The van der Waals surface area contributed by atoms with Gasteiger partial charge in [0.2, 0.25) is 5.91 Å². The Labute approximate surface area is 165 Å². The van der Waals surface area contributed by atoms with E-state index in [0.29, 0.717) is 26.9 Å². The zero-order valence-electron chi connectivity index (χ0n) is 14.6. The van der Waals surface area contributed by atoms with Gasteiger partial charge in [0.15, 0.2) is 0 Å². The van der Waals surface area contributed by atoms with Gasteiger partial charge in [0.25, 0.3) is 0 Å². The molecular formula is C20H16ClNO4S. The molecule has 2 heterocycles. The van der Waals surface area contributed by atoms with Gasteiger partial charge in [-0.15, -0.1) is 11.3 Å². The summed E-state index contributed by atoms with van der Waals surface area (Å²) in [6.45, 7) is 1.82. The van der Waals surface area contributed by atoms with E-state index >= 15 is 0 Å². The predicted octanol–water partition coefficient (Wildman–Crippen LogP) is 5.41. The number of methoxy groups -OCH3 is 1. The standard InChI is InChI=1S/C20H16ClNO4S/c1-12-3-8-15(26-12)9-10-17(23)22-19-18(20(24)25-2)16(11-27-19)13-4-6-14(21)7-5-13/h3-11H,1-2H3,(H,22,23)/b10-9+. The number of esters is 1. The molecular weight excluding hydrogens is 386 g/mol. The molecule has 0 aliphatic carbocycles. The van der Waals surface area contributed by atoms with Crippen LogP contribution in [0.3, 0.4) is 0 Å². The van der Waals surface area contributed by atoms with Gasteiger partial charge in [-0.25, -0.2) is 4.79 Å². The van der Waals surface area contributed by atoms with Gasteiger partial charge in [-0.05, 0) is 42.8 Å². The normalized spacial score (nSPS) is 10.9. The van der Waals surface area contributed by atoms with Gasteiger partial charge in [-0.2, -0.15) is 0 Å². The predicted molar refractivity (Wildman–Crippen MR) is 107 cm³/mol. The number of ether oxygens (including phenoxy) is 1. The molecule has 1 N–H and O–H groups in total. The number of halogens is 1. The van der Waals surface area contributed by atoms with Crippen LogP contribution >= 0.6 is 22.9 Å². The first-order valence-corrected chi connectivity index (χ1v) is 9.25. The van der Waals surface area contributed by atoms with Crippen LogP contribution in [-0.2, 0) is 9.53 Å². The maximum atomic E-state index is 12.3. The first-order chi connectivity index (χ1) is 13.0. The van der Waals surface area contributed by atoms with E-state index in [1.165, 1.54) is 24.5 Å². The van der Waals surface area contributed by atoms with Gasteiger partial charge in [0.1, 0.15) is 22.1 Å². The Morgan fingerprint density at radius 2 is 1.93 bits per heavy atom. The van der Waals surface area contributed by atoms with Crippen LogP contribution in [0.1, 0.15) is 21.9 Å². The number of rotatable bonds is 5. The molecule has 7 heteroatoms. The van der Waals surface area contributed by atoms with Crippen molar-refractivity contribution in [3.8, 4) is 11.1 Å². The summed E-state index contributed by atoms with van der Waals surface area (Å²) in [5.41, 5.74) is 1.78. The summed E-state index contributed by atoms with van der Waals surface area (Å²) in [7, 11) is 1.30. The number of amides is 1. The molecule has 0 unspecified atom stereocenters. The lowest BCUT2D eigenvalue weighted by Crippen LogP contribution is -2.11. The fourth-order valence-electron chi connectivity index (χ4n) is 2.45. The fraction of sp³-hybridized carbons (Fsp3) is 0.100. The number of aryl methyl sites for hydroxylation is 1. The smallest absolute Gasteiger partial charge is 0.341 e. The minimum Gasteiger partial charge on any atom is -0.465 e. The molecule has 0 aliphatic rings. The van der Waals surface area contributed by atoms with Gasteiger partial charge >= 0.3 is 5.97 Å². The van der Waals surface area contributed by atoms with Crippen LogP contribution in [0.5, 0.6) is 0 Å². The Hall–Kier alpha value is -2.83. The average Bonchev–Trinajstić information content (AvgIpc) is 3.26. The summed E-state index contributed by atoms with van der Waals surface area (Å²) < 4.78 is 10.3. The van der Waals surface area contributed by atoms with Crippen molar-refractivity contribution >= 4 is 45.9 Å². The van der Waals surface area contributed by atoms with Crippen LogP contribution in [0.15, 0.2) is 52.3 Å². The van der Waals surface area contributed by atoms with Gasteiger partial charge in [-0.3, -0.25) is 4.79 Å². The average molecular weight is 402 g/mol. The highest BCUT2D eigenvalue weighted by atomic mass is 35.5. The monoisotopic (exact) mass is 401 g/mol. The first kappa shape index (κ1) is 18.9. The summed E-state index contributed by atoms with van der Waals surface area (Å²) >= 11 is 7.18. The van der Waals surface area contributed by atoms with Crippen LogP contribution in [0.4, 0.5) is 5.00 Å². The highest BCUT2D eigenvalue weighted by Crippen LogP contribution is 2.36. The molecule has 0 radical (unpaired) electrons. The summed E-state index contributed by atoms with van der Waals surface area (Å²) in [5, 5.41) is 5.54. The molecule has 0 atom stereocenters. The quantitative estimate of drug-likeness (QED) is 0.458. The number of benzene rings is 1. The number of nitrogens with one attached hydrogen (secondary N) is 1. The van der Waals surface area contributed by atoms with E-state index in [1.54, 1.807) is 29.7 Å². The fourth-order valence-corrected chi connectivity index (χ4v) is 3.54. The maximum Gasteiger partial charge on any atom is 0.341 e. The Morgan fingerprint density at radius 3 is 2.56 bits per heavy atom. The zero-order chi connectivity index (χ0) is 19.4. The van der Waals surface area contributed by atoms with E-state index in [2.05, 4.69) is 5.32 Å². The second kappa shape index (κ2) is 8.24. The molecule has 27 heavy (non-hydrogen) atoms. The maximum absolute atomic E-state index is 12.3. The van der Waals surface area contributed by atoms with Crippen molar-refractivity contribution in [1.82, 2.24) is 0 Å². The molecule has 1 amide bonds. The third-order valence-corrected chi connectivity index (χ3v) is 4.88. The summed E-state index contributed by atoms with van der Waals surface area (Å²) in [6, 6.07) is 10.7. The van der Waals surface area contributed by atoms with Crippen LogP contribution in [0.25, 0.3) is 17.2 Å². The van der Waals surface area contributed by atoms with Gasteiger partial charge in [0, 0.05) is 22.0 Å². The molecule has 0 saturated carbocycles.